The maximum Gasteiger partial charge on any atom is 0.256 e. The van der Waals surface area contributed by atoms with Gasteiger partial charge in [0.1, 0.15) is 5.82 Å². The van der Waals surface area contributed by atoms with Crippen LogP contribution in [0.2, 0.25) is 0 Å². The third kappa shape index (κ3) is 3.41. The van der Waals surface area contributed by atoms with Gasteiger partial charge >= 0.3 is 0 Å². The van der Waals surface area contributed by atoms with Gasteiger partial charge in [0.25, 0.3) is 5.91 Å². The molecular weight excluding hydrogens is 423 g/mol. The number of fused-ring (bicyclic) bond motifs is 1. The molecule has 1 amide bonds. The second-order valence-electron chi connectivity index (χ2n) is 6.45. The molecule has 2 aromatic heterocycles. The van der Waals surface area contributed by atoms with Gasteiger partial charge < -0.3 is 5.32 Å². The molecule has 0 fully saturated rings. The first-order chi connectivity index (χ1) is 13.4. The summed E-state index contributed by atoms with van der Waals surface area (Å²) in [5.74, 6) is -0.910. The number of hydrogen-bond donors (Lipinski definition) is 1. The van der Waals surface area contributed by atoms with Gasteiger partial charge in [-0.1, -0.05) is 34.1 Å². The van der Waals surface area contributed by atoms with E-state index in [0.29, 0.717) is 26.6 Å². The molecule has 0 spiro atoms. The number of amides is 1. The minimum atomic E-state index is -0.510. The molecule has 140 valence electrons. The highest BCUT2D eigenvalue weighted by Gasteiger charge is 2.17. The molecule has 0 aliphatic rings. The molecule has 4 aromatic rings. The van der Waals surface area contributed by atoms with Crippen molar-refractivity contribution < 1.29 is 9.18 Å². The van der Waals surface area contributed by atoms with Crippen molar-refractivity contribution in [2.45, 2.75) is 6.92 Å². The number of carbonyl (C=O) groups is 1. The Balaban J connectivity index is 1.83. The van der Waals surface area contributed by atoms with Crippen molar-refractivity contribution >= 4 is 38.4 Å². The largest absolute Gasteiger partial charge is 0.319 e. The predicted molar refractivity (Wildman–Crippen MR) is 111 cm³/mol. The van der Waals surface area contributed by atoms with E-state index in [4.69, 9.17) is 0 Å². The number of rotatable bonds is 3. The summed E-state index contributed by atoms with van der Waals surface area (Å²) < 4.78 is 16.5. The number of carbonyl (C=O) groups excluding carboxylic acids is 1. The quantitative estimate of drug-likeness (QED) is 0.484. The number of para-hydroxylation sites is 1. The minimum Gasteiger partial charge on any atom is -0.319 e. The van der Waals surface area contributed by atoms with E-state index in [-0.39, 0.29) is 5.69 Å². The van der Waals surface area contributed by atoms with Crippen molar-refractivity contribution in [1.82, 2.24) is 14.8 Å². The van der Waals surface area contributed by atoms with Crippen molar-refractivity contribution in [3.63, 3.8) is 0 Å². The maximum absolute atomic E-state index is 14.2. The molecule has 0 saturated carbocycles. The number of aryl methyl sites for hydroxylation is 2. The smallest absolute Gasteiger partial charge is 0.256 e. The van der Waals surface area contributed by atoms with E-state index in [2.05, 4.69) is 31.3 Å². The lowest BCUT2D eigenvalue weighted by Crippen LogP contribution is -2.14. The van der Waals surface area contributed by atoms with Crippen LogP contribution in [0.3, 0.4) is 0 Å². The maximum atomic E-state index is 14.2. The fourth-order valence-electron chi connectivity index (χ4n) is 3.13. The Bertz CT molecular complexity index is 1220. The van der Waals surface area contributed by atoms with E-state index in [1.807, 2.05) is 44.4 Å². The van der Waals surface area contributed by atoms with Crippen LogP contribution in [0.4, 0.5) is 10.1 Å². The molecule has 0 aliphatic carbocycles. The second kappa shape index (κ2) is 7.16. The first kappa shape index (κ1) is 18.3. The summed E-state index contributed by atoms with van der Waals surface area (Å²) in [5.41, 5.74) is 3.53. The number of benzene rings is 2. The molecule has 0 atom stereocenters. The molecule has 5 nitrogen and oxygen atoms in total. The Morgan fingerprint density at radius 2 is 1.96 bits per heavy atom. The van der Waals surface area contributed by atoms with E-state index < -0.39 is 11.7 Å². The van der Waals surface area contributed by atoms with E-state index >= 15 is 0 Å². The topological polar surface area (TPSA) is 59.8 Å². The molecule has 0 saturated heterocycles. The van der Waals surface area contributed by atoms with Gasteiger partial charge in [-0.05, 0) is 37.3 Å². The summed E-state index contributed by atoms with van der Waals surface area (Å²) in [6, 6.07) is 13.6. The summed E-state index contributed by atoms with van der Waals surface area (Å²) >= 11 is 3.22. The molecule has 2 aromatic carbocycles. The highest BCUT2D eigenvalue weighted by atomic mass is 79.9. The Labute approximate surface area is 169 Å². The van der Waals surface area contributed by atoms with Gasteiger partial charge in [-0.3, -0.25) is 9.48 Å². The van der Waals surface area contributed by atoms with Gasteiger partial charge in [0.05, 0.1) is 28.2 Å². The van der Waals surface area contributed by atoms with E-state index in [0.717, 1.165) is 11.3 Å². The van der Waals surface area contributed by atoms with Gasteiger partial charge in [-0.15, -0.1) is 0 Å². The lowest BCUT2D eigenvalue weighted by atomic mass is 10.0. The molecule has 4 rings (SSSR count). The highest BCUT2D eigenvalue weighted by molar-refractivity contribution is 9.10. The fourth-order valence-corrected chi connectivity index (χ4v) is 3.47. The molecule has 0 aliphatic heterocycles. The fraction of sp³-hybridized carbons (Fsp3) is 0.0952. The Morgan fingerprint density at radius 3 is 2.68 bits per heavy atom. The van der Waals surface area contributed by atoms with Gasteiger partial charge in [0.2, 0.25) is 0 Å². The van der Waals surface area contributed by atoms with Crippen molar-refractivity contribution in [3.05, 3.63) is 76.3 Å². The van der Waals surface area contributed by atoms with Crippen molar-refractivity contribution in [1.29, 1.82) is 0 Å². The molecule has 7 heteroatoms. The SMILES string of the molecule is Cc1nn(C)cc1-c1cc(C(=O)Nc2ccc(Br)cc2F)c2ccccc2n1. The summed E-state index contributed by atoms with van der Waals surface area (Å²) in [4.78, 5) is 17.7. The van der Waals surface area contributed by atoms with Crippen LogP contribution in [0.5, 0.6) is 0 Å². The number of pyridine rings is 1. The highest BCUT2D eigenvalue weighted by Crippen LogP contribution is 2.28. The van der Waals surface area contributed by atoms with Crippen LogP contribution in [0.25, 0.3) is 22.2 Å². The number of nitrogens with zero attached hydrogens (tertiary/aromatic N) is 3. The summed E-state index contributed by atoms with van der Waals surface area (Å²) in [6.07, 6.45) is 1.86. The van der Waals surface area contributed by atoms with E-state index in [1.165, 1.54) is 12.1 Å². The van der Waals surface area contributed by atoms with Crippen LogP contribution >= 0.6 is 15.9 Å². The van der Waals surface area contributed by atoms with Crippen molar-refractivity contribution in [2.75, 3.05) is 5.32 Å². The Morgan fingerprint density at radius 1 is 1.18 bits per heavy atom. The summed E-state index contributed by atoms with van der Waals surface area (Å²) in [5, 5.41) is 7.71. The average Bonchev–Trinajstić information content (AvgIpc) is 3.01. The van der Waals surface area contributed by atoms with E-state index in [1.54, 1.807) is 16.8 Å². The molecule has 0 bridgehead atoms. The number of aromatic nitrogens is 3. The first-order valence-electron chi connectivity index (χ1n) is 8.59. The van der Waals surface area contributed by atoms with Crippen molar-refractivity contribution in [2.24, 2.45) is 7.05 Å². The van der Waals surface area contributed by atoms with Gasteiger partial charge in [0.15, 0.2) is 0 Å². The zero-order valence-corrected chi connectivity index (χ0v) is 16.8. The molecule has 2 heterocycles. The van der Waals surface area contributed by atoms with Crippen LogP contribution in [-0.4, -0.2) is 20.7 Å². The van der Waals surface area contributed by atoms with Crippen LogP contribution in [-0.2, 0) is 7.05 Å². The Kier molecular flexibility index (Phi) is 4.68. The van der Waals surface area contributed by atoms with Crippen LogP contribution in [0, 0.1) is 12.7 Å². The third-order valence-corrected chi connectivity index (χ3v) is 4.92. The molecule has 28 heavy (non-hydrogen) atoms. The minimum absolute atomic E-state index is 0.119. The Hall–Kier alpha value is -3.06. The predicted octanol–water partition coefficient (Wildman–Crippen LogP) is 5.10. The number of anilines is 1. The summed E-state index contributed by atoms with van der Waals surface area (Å²) in [7, 11) is 1.83. The average molecular weight is 439 g/mol. The van der Waals surface area contributed by atoms with Crippen LogP contribution in [0.1, 0.15) is 16.1 Å². The number of halogens is 2. The normalized spacial score (nSPS) is 11.0. The lowest BCUT2D eigenvalue weighted by Gasteiger charge is -2.11. The van der Waals surface area contributed by atoms with Crippen LogP contribution < -0.4 is 5.32 Å². The zero-order chi connectivity index (χ0) is 19.8. The second-order valence-corrected chi connectivity index (χ2v) is 7.37. The molecular formula is C21H16BrFN4O. The van der Waals surface area contributed by atoms with Gasteiger partial charge in [-0.25, -0.2) is 9.37 Å². The number of nitrogens with one attached hydrogen (secondary N) is 1. The monoisotopic (exact) mass is 438 g/mol. The van der Waals surface area contributed by atoms with Crippen molar-refractivity contribution in [3.8, 4) is 11.3 Å². The number of hydrogen-bond acceptors (Lipinski definition) is 3. The van der Waals surface area contributed by atoms with E-state index in [9.17, 15) is 9.18 Å². The summed E-state index contributed by atoms with van der Waals surface area (Å²) in [6.45, 7) is 1.89. The molecule has 1 N–H and O–H groups in total. The molecule has 0 radical (unpaired) electrons. The third-order valence-electron chi connectivity index (χ3n) is 4.43. The zero-order valence-electron chi connectivity index (χ0n) is 15.2. The molecule has 0 unspecified atom stereocenters. The first-order valence-corrected chi connectivity index (χ1v) is 9.38. The lowest BCUT2D eigenvalue weighted by molar-refractivity contribution is 0.102. The van der Waals surface area contributed by atoms with Gasteiger partial charge in [-0.2, -0.15) is 5.10 Å². The standard InChI is InChI=1S/C21H16BrFN4O/c1-12-16(11-27(2)26-12)20-10-15(14-5-3-4-6-18(14)24-20)21(28)25-19-8-7-13(22)9-17(19)23/h3-11H,1-2H3,(H,25,28). The van der Waals surface area contributed by atoms with Gasteiger partial charge in [0, 0.05) is 28.7 Å². The van der Waals surface area contributed by atoms with Crippen LogP contribution in [0.15, 0.2) is 59.2 Å².